The van der Waals surface area contributed by atoms with Crippen LogP contribution in [0, 0.1) is 0 Å². The van der Waals surface area contributed by atoms with Crippen LogP contribution in [0.15, 0.2) is 72.8 Å². The maximum atomic E-state index is 12.5. The molecular weight excluding hydrogens is 300 g/mol. The van der Waals surface area contributed by atoms with Crippen LogP contribution < -0.4 is 0 Å². The smallest absolute Gasteiger partial charge is 0.204 e. The van der Waals surface area contributed by atoms with Crippen molar-refractivity contribution in [3.05, 3.63) is 78.4 Å². The molecular formula is C19H14N4O. The lowest BCUT2D eigenvalue weighted by atomic mass is 10.0. The van der Waals surface area contributed by atoms with Gasteiger partial charge in [-0.1, -0.05) is 66.7 Å². The van der Waals surface area contributed by atoms with Crippen molar-refractivity contribution in [1.29, 1.82) is 0 Å². The Morgan fingerprint density at radius 1 is 0.875 bits per heavy atom. The Labute approximate surface area is 138 Å². The third kappa shape index (κ3) is 2.79. The number of hydrogen-bond acceptors (Lipinski definition) is 4. The second-order valence-corrected chi connectivity index (χ2v) is 5.49. The van der Waals surface area contributed by atoms with E-state index in [0.29, 0.717) is 11.4 Å². The number of Topliss-reactive ketones (excluding diaryl/α,β-unsaturated/α-hetero) is 1. The van der Waals surface area contributed by atoms with Crippen LogP contribution in [-0.2, 0) is 6.54 Å². The molecule has 0 aliphatic rings. The Morgan fingerprint density at radius 2 is 1.62 bits per heavy atom. The van der Waals surface area contributed by atoms with Crippen molar-refractivity contribution in [3.63, 3.8) is 0 Å². The van der Waals surface area contributed by atoms with Gasteiger partial charge in [-0.2, -0.15) is 4.80 Å². The number of benzene rings is 3. The summed E-state index contributed by atoms with van der Waals surface area (Å²) in [5.41, 5.74) is 1.52. The summed E-state index contributed by atoms with van der Waals surface area (Å²) in [5, 5.41) is 14.4. The molecule has 0 N–H and O–H groups in total. The molecule has 0 bridgehead atoms. The van der Waals surface area contributed by atoms with Gasteiger partial charge in [-0.25, -0.2) is 0 Å². The summed E-state index contributed by atoms with van der Waals surface area (Å²) in [6.45, 7) is 0.0676. The molecule has 4 rings (SSSR count). The third-order valence-electron chi connectivity index (χ3n) is 3.84. The Bertz CT molecular complexity index is 1010. The molecule has 1 aromatic heterocycles. The van der Waals surface area contributed by atoms with Gasteiger partial charge in [-0.15, -0.1) is 10.2 Å². The molecule has 0 spiro atoms. The highest BCUT2D eigenvalue weighted by atomic mass is 16.1. The first-order valence-corrected chi connectivity index (χ1v) is 7.65. The largest absolute Gasteiger partial charge is 0.292 e. The quantitative estimate of drug-likeness (QED) is 0.542. The van der Waals surface area contributed by atoms with Crippen LogP contribution >= 0.6 is 0 Å². The van der Waals surface area contributed by atoms with Gasteiger partial charge in [-0.05, 0) is 22.1 Å². The molecule has 0 atom stereocenters. The summed E-state index contributed by atoms with van der Waals surface area (Å²) < 4.78 is 0. The molecule has 3 aromatic carbocycles. The van der Waals surface area contributed by atoms with Gasteiger partial charge in [0.25, 0.3) is 0 Å². The van der Waals surface area contributed by atoms with Crippen LogP contribution in [0.2, 0.25) is 0 Å². The summed E-state index contributed by atoms with van der Waals surface area (Å²) in [4.78, 5) is 13.8. The number of ketones is 1. The topological polar surface area (TPSA) is 60.7 Å². The number of carbonyl (C=O) groups excluding carboxylic acids is 1. The predicted molar refractivity (Wildman–Crippen MR) is 91.5 cm³/mol. The van der Waals surface area contributed by atoms with Gasteiger partial charge in [0.15, 0.2) is 5.78 Å². The number of nitrogens with zero attached hydrogens (tertiary/aromatic N) is 4. The molecule has 116 valence electrons. The first-order valence-electron chi connectivity index (χ1n) is 7.65. The van der Waals surface area contributed by atoms with Crippen molar-refractivity contribution < 1.29 is 4.79 Å². The molecule has 24 heavy (non-hydrogen) atoms. The van der Waals surface area contributed by atoms with E-state index < -0.39 is 0 Å². The van der Waals surface area contributed by atoms with Crippen molar-refractivity contribution >= 4 is 16.6 Å². The average molecular weight is 314 g/mol. The van der Waals surface area contributed by atoms with Crippen LogP contribution in [0.5, 0.6) is 0 Å². The maximum absolute atomic E-state index is 12.5. The van der Waals surface area contributed by atoms with E-state index in [1.807, 2.05) is 72.8 Å². The number of rotatable bonds is 4. The Kier molecular flexibility index (Phi) is 3.59. The summed E-state index contributed by atoms with van der Waals surface area (Å²) in [6, 6.07) is 23.2. The van der Waals surface area contributed by atoms with E-state index in [0.717, 1.165) is 16.3 Å². The fourth-order valence-electron chi connectivity index (χ4n) is 2.60. The van der Waals surface area contributed by atoms with Crippen LogP contribution in [0.25, 0.3) is 22.2 Å². The van der Waals surface area contributed by atoms with E-state index in [1.54, 1.807) is 0 Å². The molecule has 0 aliphatic carbocycles. The van der Waals surface area contributed by atoms with E-state index in [9.17, 15) is 4.79 Å². The van der Waals surface area contributed by atoms with E-state index >= 15 is 0 Å². The number of aromatic nitrogens is 4. The summed E-state index contributed by atoms with van der Waals surface area (Å²) in [5.74, 6) is 0.472. The van der Waals surface area contributed by atoms with E-state index in [1.165, 1.54) is 4.80 Å². The van der Waals surface area contributed by atoms with Crippen LogP contribution in [0.4, 0.5) is 0 Å². The van der Waals surface area contributed by atoms with E-state index in [-0.39, 0.29) is 12.3 Å². The van der Waals surface area contributed by atoms with Crippen LogP contribution in [0.1, 0.15) is 10.4 Å². The zero-order chi connectivity index (χ0) is 16.4. The molecule has 1 heterocycles. The molecule has 0 fully saturated rings. The molecule has 0 aliphatic heterocycles. The van der Waals surface area contributed by atoms with Gasteiger partial charge >= 0.3 is 0 Å². The SMILES string of the molecule is O=C(Cn1nnc(-c2ccccc2)n1)c1ccc2ccccc2c1. The standard InChI is InChI=1S/C19H14N4O/c24-18(17-11-10-14-6-4-5-9-16(14)12-17)13-23-21-19(20-22-23)15-7-2-1-3-8-15/h1-12H,13H2. The monoisotopic (exact) mass is 314 g/mol. The number of carbonyl (C=O) groups is 1. The van der Waals surface area contributed by atoms with Crippen molar-refractivity contribution in [3.8, 4) is 11.4 Å². The third-order valence-corrected chi connectivity index (χ3v) is 3.84. The van der Waals surface area contributed by atoms with Gasteiger partial charge in [0.2, 0.25) is 5.82 Å². The maximum Gasteiger partial charge on any atom is 0.204 e. The van der Waals surface area contributed by atoms with Crippen LogP contribution in [0.3, 0.4) is 0 Å². The fraction of sp³-hybridized carbons (Fsp3) is 0.0526. The summed E-state index contributed by atoms with van der Waals surface area (Å²) in [7, 11) is 0. The highest BCUT2D eigenvalue weighted by molar-refractivity contribution is 5.99. The molecule has 5 heteroatoms. The molecule has 0 amide bonds. The van der Waals surface area contributed by atoms with Crippen molar-refractivity contribution in [1.82, 2.24) is 20.2 Å². The lowest BCUT2D eigenvalue weighted by Gasteiger charge is -2.02. The first kappa shape index (κ1) is 14.3. The van der Waals surface area contributed by atoms with Crippen molar-refractivity contribution in [2.75, 3.05) is 0 Å². The Hall–Kier alpha value is -3.34. The van der Waals surface area contributed by atoms with Crippen molar-refractivity contribution in [2.24, 2.45) is 0 Å². The summed E-state index contributed by atoms with van der Waals surface area (Å²) >= 11 is 0. The second-order valence-electron chi connectivity index (χ2n) is 5.49. The summed E-state index contributed by atoms with van der Waals surface area (Å²) in [6.07, 6.45) is 0. The van der Waals surface area contributed by atoms with Crippen LogP contribution in [-0.4, -0.2) is 26.0 Å². The number of tetrazole rings is 1. The van der Waals surface area contributed by atoms with Gasteiger partial charge in [0, 0.05) is 11.1 Å². The molecule has 0 saturated carbocycles. The predicted octanol–water partition coefficient (Wildman–Crippen LogP) is 3.38. The highest BCUT2D eigenvalue weighted by Crippen LogP contribution is 2.16. The van der Waals surface area contributed by atoms with Gasteiger partial charge in [-0.3, -0.25) is 4.79 Å². The number of hydrogen-bond donors (Lipinski definition) is 0. The second kappa shape index (κ2) is 6.04. The van der Waals surface area contributed by atoms with Gasteiger partial charge in [0.1, 0.15) is 6.54 Å². The van der Waals surface area contributed by atoms with E-state index in [4.69, 9.17) is 0 Å². The Morgan fingerprint density at radius 3 is 2.46 bits per heavy atom. The Balaban J connectivity index is 1.56. The molecule has 0 radical (unpaired) electrons. The fourth-order valence-corrected chi connectivity index (χ4v) is 2.60. The molecule has 5 nitrogen and oxygen atoms in total. The lowest BCUT2D eigenvalue weighted by molar-refractivity contribution is 0.0961. The zero-order valence-electron chi connectivity index (χ0n) is 12.8. The normalized spacial score (nSPS) is 10.8. The van der Waals surface area contributed by atoms with Gasteiger partial charge < -0.3 is 0 Å². The molecule has 0 unspecified atom stereocenters. The minimum Gasteiger partial charge on any atom is -0.292 e. The minimum atomic E-state index is -0.0437. The highest BCUT2D eigenvalue weighted by Gasteiger charge is 2.11. The van der Waals surface area contributed by atoms with E-state index in [2.05, 4.69) is 15.4 Å². The lowest BCUT2D eigenvalue weighted by Crippen LogP contribution is -2.13. The average Bonchev–Trinajstić information content (AvgIpc) is 3.10. The van der Waals surface area contributed by atoms with Crippen molar-refractivity contribution in [2.45, 2.75) is 6.54 Å². The molecule has 4 aromatic rings. The first-order chi connectivity index (χ1) is 11.8. The number of fused-ring (bicyclic) bond motifs is 1. The zero-order valence-corrected chi connectivity index (χ0v) is 12.8. The molecule has 0 saturated heterocycles. The van der Waals surface area contributed by atoms with Gasteiger partial charge in [0.05, 0.1) is 0 Å². The minimum absolute atomic E-state index is 0.0437.